The second kappa shape index (κ2) is 8.03. The van der Waals surface area contributed by atoms with Gasteiger partial charge in [-0.2, -0.15) is 0 Å². The fourth-order valence-electron chi connectivity index (χ4n) is 3.67. The highest BCUT2D eigenvalue weighted by molar-refractivity contribution is 5.86. The van der Waals surface area contributed by atoms with Gasteiger partial charge in [0.1, 0.15) is 11.8 Å². The van der Waals surface area contributed by atoms with Crippen molar-refractivity contribution in [2.45, 2.75) is 32.5 Å². The monoisotopic (exact) mass is 426 g/mol. The summed E-state index contributed by atoms with van der Waals surface area (Å²) in [6.45, 7) is 8.20. The Labute approximate surface area is 179 Å². The maximum atomic E-state index is 12.2. The molecule has 1 amide bonds. The molecule has 3 heterocycles. The third kappa shape index (κ3) is 4.53. The summed E-state index contributed by atoms with van der Waals surface area (Å²) in [6, 6.07) is 6.61. The Morgan fingerprint density at radius 1 is 1.23 bits per heavy atom. The molecule has 1 atom stereocenters. The number of hydrogen-bond donors (Lipinski definition) is 1. The molecule has 0 bridgehead atoms. The van der Waals surface area contributed by atoms with Gasteiger partial charge in [0.05, 0.1) is 10.4 Å². The van der Waals surface area contributed by atoms with Crippen LogP contribution in [0.25, 0.3) is 16.7 Å². The highest BCUT2D eigenvalue weighted by Crippen LogP contribution is 2.25. The molecule has 2 aliphatic rings. The van der Waals surface area contributed by atoms with Crippen LogP contribution in [0.3, 0.4) is 0 Å². The fourth-order valence-corrected chi connectivity index (χ4v) is 3.67. The standard InChI is InChI=1S/C21H26N6O4/c1-21(2,3)31-20(28)25-10-8-24(9-11-25)18-13-23-19(14-22-18)26-7-6-15-12-16(27(29)30)4-5-17(15)26/h4-7,12-14,18,22H,8-11H2,1-3H3. The Balaban J connectivity index is 1.37. The average Bonchev–Trinajstić information content (AvgIpc) is 3.16. The van der Waals surface area contributed by atoms with E-state index in [9.17, 15) is 14.9 Å². The highest BCUT2D eigenvalue weighted by atomic mass is 16.6. The minimum Gasteiger partial charge on any atom is -0.444 e. The quantitative estimate of drug-likeness (QED) is 0.598. The number of aliphatic imine (C=N–C) groups is 1. The van der Waals surface area contributed by atoms with Crippen molar-refractivity contribution < 1.29 is 14.5 Å². The van der Waals surface area contributed by atoms with Crippen LogP contribution >= 0.6 is 0 Å². The number of nitro groups is 1. The molecule has 2 aliphatic heterocycles. The zero-order valence-electron chi connectivity index (χ0n) is 17.8. The number of carbonyl (C=O) groups excluding carboxylic acids is 1. The number of rotatable bonds is 3. The van der Waals surface area contributed by atoms with Crippen LogP contribution in [-0.4, -0.2) is 69.5 Å². The molecule has 4 rings (SSSR count). The summed E-state index contributed by atoms with van der Waals surface area (Å²) in [5.74, 6) is 0.701. The molecular weight excluding hydrogens is 400 g/mol. The number of non-ortho nitro benzene ring substituents is 1. The first-order valence-corrected chi connectivity index (χ1v) is 10.2. The first kappa shape index (κ1) is 20.9. The van der Waals surface area contributed by atoms with Crippen molar-refractivity contribution in [1.29, 1.82) is 0 Å². The van der Waals surface area contributed by atoms with Crippen LogP contribution in [-0.2, 0) is 4.74 Å². The minimum atomic E-state index is -0.499. The van der Waals surface area contributed by atoms with Crippen LogP contribution < -0.4 is 5.32 Å². The van der Waals surface area contributed by atoms with Crippen LogP contribution in [0.5, 0.6) is 0 Å². The predicted molar refractivity (Wildman–Crippen MR) is 118 cm³/mol. The van der Waals surface area contributed by atoms with Crippen LogP contribution in [0.2, 0.25) is 0 Å². The van der Waals surface area contributed by atoms with E-state index in [0.717, 1.165) is 10.9 Å². The van der Waals surface area contributed by atoms with Gasteiger partial charge < -0.3 is 19.5 Å². The maximum Gasteiger partial charge on any atom is 0.410 e. The molecule has 1 N–H and O–H groups in total. The van der Waals surface area contributed by atoms with Gasteiger partial charge in [0.15, 0.2) is 5.82 Å². The molecule has 1 aromatic heterocycles. The summed E-state index contributed by atoms with van der Waals surface area (Å²) in [5, 5.41) is 15.1. The van der Waals surface area contributed by atoms with Gasteiger partial charge in [-0.3, -0.25) is 15.0 Å². The summed E-state index contributed by atoms with van der Waals surface area (Å²) in [4.78, 5) is 31.4. The molecule has 0 spiro atoms. The predicted octanol–water partition coefficient (Wildman–Crippen LogP) is 2.86. The van der Waals surface area contributed by atoms with Crippen molar-refractivity contribution in [3.63, 3.8) is 0 Å². The van der Waals surface area contributed by atoms with E-state index in [2.05, 4.69) is 15.2 Å². The van der Waals surface area contributed by atoms with E-state index in [1.165, 1.54) is 6.07 Å². The van der Waals surface area contributed by atoms with Crippen molar-refractivity contribution >= 4 is 34.7 Å². The number of nitrogens with one attached hydrogen (secondary N) is 1. The number of fused-ring (bicyclic) bond motifs is 1. The highest BCUT2D eigenvalue weighted by Gasteiger charge is 2.28. The SMILES string of the molecule is CC(C)(C)OC(=O)N1CCN(C2C=NC(n3ccc4cc([N+](=O)[O-])ccc43)=CN2)CC1. The lowest BCUT2D eigenvalue weighted by Crippen LogP contribution is -2.56. The van der Waals surface area contributed by atoms with Gasteiger partial charge in [0, 0.05) is 62.3 Å². The molecule has 10 heteroatoms. The Kier molecular flexibility index (Phi) is 5.40. The average molecular weight is 426 g/mol. The lowest BCUT2D eigenvalue weighted by molar-refractivity contribution is -0.384. The third-order valence-corrected chi connectivity index (χ3v) is 5.22. The summed E-state index contributed by atoms with van der Waals surface area (Å²) in [5.41, 5.74) is 0.413. The van der Waals surface area contributed by atoms with E-state index < -0.39 is 10.5 Å². The molecule has 1 unspecified atom stereocenters. The van der Waals surface area contributed by atoms with Crippen LogP contribution in [0, 0.1) is 10.1 Å². The molecule has 0 radical (unpaired) electrons. The second-order valence-corrected chi connectivity index (χ2v) is 8.58. The van der Waals surface area contributed by atoms with Crippen molar-refractivity contribution in [2.24, 2.45) is 4.99 Å². The first-order valence-electron chi connectivity index (χ1n) is 10.2. The molecular formula is C21H26N6O4. The molecule has 164 valence electrons. The number of amides is 1. The maximum absolute atomic E-state index is 12.2. The second-order valence-electron chi connectivity index (χ2n) is 8.58. The topological polar surface area (TPSA) is 105 Å². The van der Waals surface area contributed by atoms with Crippen LogP contribution in [0.1, 0.15) is 20.8 Å². The van der Waals surface area contributed by atoms with E-state index in [1.807, 2.05) is 50.0 Å². The molecule has 2 aromatic rings. The number of aromatic nitrogens is 1. The Morgan fingerprint density at radius 2 is 1.97 bits per heavy atom. The molecule has 1 aromatic carbocycles. The summed E-state index contributed by atoms with van der Waals surface area (Å²) < 4.78 is 7.33. The minimum absolute atomic E-state index is 0.0625. The van der Waals surface area contributed by atoms with Crippen molar-refractivity contribution in [1.82, 2.24) is 19.7 Å². The van der Waals surface area contributed by atoms with Gasteiger partial charge in [0.25, 0.3) is 5.69 Å². The summed E-state index contributed by atoms with van der Waals surface area (Å²) in [7, 11) is 0. The molecule has 0 aliphatic carbocycles. The van der Waals surface area contributed by atoms with Crippen molar-refractivity contribution in [2.75, 3.05) is 26.2 Å². The van der Waals surface area contributed by atoms with Crippen LogP contribution in [0.15, 0.2) is 41.7 Å². The number of hydrogen-bond acceptors (Lipinski definition) is 7. The van der Waals surface area contributed by atoms with E-state index in [0.29, 0.717) is 32.0 Å². The Bertz CT molecular complexity index is 1060. The molecule has 31 heavy (non-hydrogen) atoms. The lowest BCUT2D eigenvalue weighted by atomic mass is 10.2. The zero-order chi connectivity index (χ0) is 22.2. The van der Waals surface area contributed by atoms with Gasteiger partial charge in [-0.05, 0) is 32.9 Å². The molecule has 1 saturated heterocycles. The lowest BCUT2D eigenvalue weighted by Gasteiger charge is -2.39. The summed E-state index contributed by atoms with van der Waals surface area (Å²) >= 11 is 0. The van der Waals surface area contributed by atoms with Gasteiger partial charge in [0.2, 0.25) is 0 Å². The van der Waals surface area contributed by atoms with Crippen molar-refractivity contribution in [3.05, 3.63) is 46.8 Å². The first-order chi connectivity index (χ1) is 14.7. The normalized spacial score (nSPS) is 19.8. The number of nitrogens with zero attached hydrogens (tertiary/aromatic N) is 5. The Hall–Kier alpha value is -3.40. The van der Waals surface area contributed by atoms with Crippen LogP contribution in [0.4, 0.5) is 10.5 Å². The van der Waals surface area contributed by atoms with E-state index in [1.54, 1.807) is 17.0 Å². The molecule has 1 fully saturated rings. The number of piperazine rings is 1. The van der Waals surface area contributed by atoms with Gasteiger partial charge in [-0.15, -0.1) is 0 Å². The number of benzene rings is 1. The van der Waals surface area contributed by atoms with Gasteiger partial charge in [-0.1, -0.05) is 0 Å². The van der Waals surface area contributed by atoms with Crippen molar-refractivity contribution in [3.8, 4) is 0 Å². The zero-order valence-corrected chi connectivity index (χ0v) is 17.8. The number of carbonyl (C=O) groups is 1. The molecule has 10 nitrogen and oxygen atoms in total. The summed E-state index contributed by atoms with van der Waals surface area (Å²) in [6.07, 6.45) is 5.19. The van der Waals surface area contributed by atoms with Gasteiger partial charge in [-0.25, -0.2) is 9.79 Å². The smallest absolute Gasteiger partial charge is 0.410 e. The fraction of sp³-hybridized carbons (Fsp3) is 0.429. The van der Waals surface area contributed by atoms with E-state index in [4.69, 9.17) is 4.74 Å². The van der Waals surface area contributed by atoms with E-state index in [-0.39, 0.29) is 17.9 Å². The largest absolute Gasteiger partial charge is 0.444 e. The number of nitro benzene ring substituents is 1. The Morgan fingerprint density at radius 3 is 2.58 bits per heavy atom. The number of ether oxygens (including phenoxy) is 1. The van der Waals surface area contributed by atoms with E-state index >= 15 is 0 Å². The van der Waals surface area contributed by atoms with Gasteiger partial charge >= 0.3 is 6.09 Å². The molecule has 0 saturated carbocycles. The third-order valence-electron chi connectivity index (χ3n) is 5.22.